The van der Waals surface area contributed by atoms with Gasteiger partial charge in [-0.1, -0.05) is 0 Å². The number of ether oxygens (including phenoxy) is 1. The fourth-order valence-electron chi connectivity index (χ4n) is 1.35. The fraction of sp³-hybridized carbons (Fsp3) is 0.636. The van der Waals surface area contributed by atoms with Gasteiger partial charge in [-0.05, 0) is 26.9 Å². The number of aliphatic hydroxyl groups is 2. The zero-order chi connectivity index (χ0) is 12.7. The second-order valence-corrected chi connectivity index (χ2v) is 3.64. The van der Waals surface area contributed by atoms with Crippen LogP contribution < -0.4 is 10.1 Å². The third-order valence-corrected chi connectivity index (χ3v) is 2.32. The van der Waals surface area contributed by atoms with Gasteiger partial charge in [-0.25, -0.2) is 9.97 Å². The monoisotopic (exact) mass is 241 g/mol. The molecule has 2 atom stereocenters. The second-order valence-electron chi connectivity index (χ2n) is 3.64. The van der Waals surface area contributed by atoms with Crippen LogP contribution in [-0.4, -0.2) is 46.5 Å². The van der Waals surface area contributed by atoms with Gasteiger partial charge in [0.05, 0.1) is 12.7 Å². The predicted octanol–water partition coefficient (Wildman–Crippen LogP) is -0.121. The maximum Gasteiger partial charge on any atom is 0.316 e. The Bertz CT molecular complexity index is 318. The molecule has 1 heterocycles. The quantitative estimate of drug-likeness (QED) is 0.617. The number of aliphatic hydroxyl groups excluding tert-OH is 2. The van der Waals surface area contributed by atoms with Crippen molar-refractivity contribution in [2.75, 3.05) is 20.2 Å². The van der Waals surface area contributed by atoms with E-state index in [4.69, 9.17) is 4.74 Å². The minimum Gasteiger partial charge on any atom is -0.464 e. The molecule has 0 radical (unpaired) electrons. The van der Waals surface area contributed by atoms with Gasteiger partial charge in [0.1, 0.15) is 6.10 Å². The summed E-state index contributed by atoms with van der Waals surface area (Å²) in [5.74, 6) is 0. The highest BCUT2D eigenvalue weighted by molar-refractivity contribution is 5.12. The summed E-state index contributed by atoms with van der Waals surface area (Å²) in [7, 11) is 1.79. The van der Waals surface area contributed by atoms with Gasteiger partial charge in [0.15, 0.2) is 0 Å². The SMILES string of the molecule is CCOc1ncc(C(O)C(O)CCNC)cn1. The number of nitrogens with one attached hydrogen (secondary N) is 1. The van der Waals surface area contributed by atoms with E-state index < -0.39 is 12.2 Å². The van der Waals surface area contributed by atoms with Gasteiger partial charge in [-0.2, -0.15) is 0 Å². The van der Waals surface area contributed by atoms with E-state index in [1.165, 1.54) is 12.4 Å². The first-order chi connectivity index (χ1) is 8.19. The largest absolute Gasteiger partial charge is 0.464 e. The Morgan fingerprint density at radius 3 is 2.53 bits per heavy atom. The molecule has 6 heteroatoms. The average Bonchev–Trinajstić information content (AvgIpc) is 2.36. The Labute approximate surface area is 101 Å². The van der Waals surface area contributed by atoms with Crippen molar-refractivity contribution >= 4 is 0 Å². The van der Waals surface area contributed by atoms with E-state index in [0.29, 0.717) is 25.1 Å². The molecule has 96 valence electrons. The molecule has 1 aromatic rings. The molecule has 0 fully saturated rings. The van der Waals surface area contributed by atoms with Crippen molar-refractivity contribution < 1.29 is 14.9 Å². The maximum atomic E-state index is 9.84. The molecule has 3 N–H and O–H groups in total. The normalized spacial score (nSPS) is 14.4. The van der Waals surface area contributed by atoms with Crippen LogP contribution in [0.25, 0.3) is 0 Å². The molecule has 0 aliphatic heterocycles. The molecule has 0 spiro atoms. The van der Waals surface area contributed by atoms with E-state index in [9.17, 15) is 10.2 Å². The van der Waals surface area contributed by atoms with Crippen molar-refractivity contribution in [2.45, 2.75) is 25.6 Å². The van der Waals surface area contributed by atoms with Crippen molar-refractivity contribution in [3.8, 4) is 6.01 Å². The van der Waals surface area contributed by atoms with Gasteiger partial charge >= 0.3 is 6.01 Å². The number of nitrogens with zero attached hydrogens (tertiary/aromatic N) is 2. The summed E-state index contributed by atoms with van der Waals surface area (Å²) < 4.78 is 5.09. The maximum absolute atomic E-state index is 9.84. The fourth-order valence-corrected chi connectivity index (χ4v) is 1.35. The van der Waals surface area contributed by atoms with E-state index in [-0.39, 0.29) is 6.01 Å². The first-order valence-electron chi connectivity index (χ1n) is 5.64. The van der Waals surface area contributed by atoms with Crippen LogP contribution in [0.15, 0.2) is 12.4 Å². The van der Waals surface area contributed by atoms with Crippen LogP contribution in [0.2, 0.25) is 0 Å². The standard InChI is InChI=1S/C11H19N3O3/c1-3-17-11-13-6-8(7-14-11)10(16)9(15)4-5-12-2/h6-7,9-10,12,15-16H,3-5H2,1-2H3. The van der Waals surface area contributed by atoms with Gasteiger partial charge in [0.25, 0.3) is 0 Å². The number of aromatic nitrogens is 2. The molecule has 0 amide bonds. The van der Waals surface area contributed by atoms with Crippen LogP contribution in [0.5, 0.6) is 6.01 Å². The van der Waals surface area contributed by atoms with Gasteiger partial charge in [0.2, 0.25) is 0 Å². The molecule has 0 aliphatic carbocycles. The third-order valence-electron chi connectivity index (χ3n) is 2.32. The highest BCUT2D eigenvalue weighted by atomic mass is 16.5. The molecular formula is C11H19N3O3. The minimum atomic E-state index is -0.973. The molecule has 1 rings (SSSR count). The lowest BCUT2D eigenvalue weighted by Gasteiger charge is -2.17. The minimum absolute atomic E-state index is 0.271. The van der Waals surface area contributed by atoms with E-state index in [1.807, 2.05) is 6.92 Å². The van der Waals surface area contributed by atoms with Gasteiger partial charge in [-0.15, -0.1) is 0 Å². The number of hydrogen-bond donors (Lipinski definition) is 3. The summed E-state index contributed by atoms with van der Waals surface area (Å²) in [6.07, 6.45) is 1.59. The first kappa shape index (κ1) is 13.8. The number of hydrogen-bond acceptors (Lipinski definition) is 6. The van der Waals surface area contributed by atoms with Crippen LogP contribution in [0.3, 0.4) is 0 Å². The van der Waals surface area contributed by atoms with E-state index >= 15 is 0 Å². The second kappa shape index (κ2) is 7.16. The Morgan fingerprint density at radius 2 is 2.00 bits per heavy atom. The lowest BCUT2D eigenvalue weighted by molar-refractivity contribution is 0.0135. The summed E-state index contributed by atoms with van der Waals surface area (Å²) in [5, 5.41) is 22.4. The molecule has 0 aliphatic rings. The Kier molecular flexibility index (Phi) is 5.82. The van der Waals surface area contributed by atoms with Crippen molar-refractivity contribution in [2.24, 2.45) is 0 Å². The molecule has 2 unspecified atom stereocenters. The summed E-state index contributed by atoms with van der Waals surface area (Å²) in [6.45, 7) is 2.97. The predicted molar refractivity (Wildman–Crippen MR) is 62.7 cm³/mol. The van der Waals surface area contributed by atoms with Crippen molar-refractivity contribution in [1.29, 1.82) is 0 Å². The summed E-state index contributed by atoms with van der Waals surface area (Å²) in [4.78, 5) is 7.86. The average molecular weight is 241 g/mol. The molecule has 0 saturated carbocycles. The summed E-state index contributed by atoms with van der Waals surface area (Å²) in [5.41, 5.74) is 0.483. The summed E-state index contributed by atoms with van der Waals surface area (Å²) in [6, 6.07) is 0.271. The van der Waals surface area contributed by atoms with Gasteiger partial charge in [0, 0.05) is 18.0 Å². The Morgan fingerprint density at radius 1 is 1.35 bits per heavy atom. The molecule has 0 saturated heterocycles. The molecule has 1 aromatic heterocycles. The molecule has 0 aromatic carbocycles. The van der Waals surface area contributed by atoms with Crippen molar-refractivity contribution in [3.05, 3.63) is 18.0 Å². The van der Waals surface area contributed by atoms with Crippen LogP contribution in [0, 0.1) is 0 Å². The zero-order valence-corrected chi connectivity index (χ0v) is 10.1. The lowest BCUT2D eigenvalue weighted by atomic mass is 10.1. The number of rotatable bonds is 7. The van der Waals surface area contributed by atoms with Crippen LogP contribution in [0.4, 0.5) is 0 Å². The van der Waals surface area contributed by atoms with Gasteiger partial charge in [-0.3, -0.25) is 0 Å². The van der Waals surface area contributed by atoms with Crippen molar-refractivity contribution in [3.63, 3.8) is 0 Å². The van der Waals surface area contributed by atoms with E-state index in [0.717, 1.165) is 0 Å². The molecule has 17 heavy (non-hydrogen) atoms. The molecular weight excluding hydrogens is 222 g/mol. The Hall–Kier alpha value is -1.24. The lowest BCUT2D eigenvalue weighted by Crippen LogP contribution is -2.23. The smallest absolute Gasteiger partial charge is 0.316 e. The Balaban J connectivity index is 2.58. The summed E-state index contributed by atoms with van der Waals surface area (Å²) >= 11 is 0. The zero-order valence-electron chi connectivity index (χ0n) is 10.1. The third kappa shape index (κ3) is 4.26. The highest BCUT2D eigenvalue weighted by Crippen LogP contribution is 2.18. The van der Waals surface area contributed by atoms with Crippen LogP contribution in [-0.2, 0) is 0 Å². The molecule has 0 bridgehead atoms. The van der Waals surface area contributed by atoms with Crippen LogP contribution >= 0.6 is 0 Å². The topological polar surface area (TPSA) is 87.5 Å². The van der Waals surface area contributed by atoms with E-state index in [2.05, 4.69) is 15.3 Å². The van der Waals surface area contributed by atoms with Crippen LogP contribution in [0.1, 0.15) is 25.0 Å². The van der Waals surface area contributed by atoms with E-state index in [1.54, 1.807) is 7.05 Å². The molecule has 6 nitrogen and oxygen atoms in total. The van der Waals surface area contributed by atoms with Crippen molar-refractivity contribution in [1.82, 2.24) is 15.3 Å². The first-order valence-corrected chi connectivity index (χ1v) is 5.64. The highest BCUT2D eigenvalue weighted by Gasteiger charge is 2.18. The van der Waals surface area contributed by atoms with Gasteiger partial charge < -0.3 is 20.3 Å².